The van der Waals surface area contributed by atoms with Crippen molar-refractivity contribution in [1.29, 1.82) is 0 Å². The molecule has 0 bridgehead atoms. The van der Waals surface area contributed by atoms with Gasteiger partial charge in [0.05, 0.1) is 18.2 Å². The number of nitrogens with zero attached hydrogens (tertiary/aromatic N) is 1. The topological polar surface area (TPSA) is 80.3 Å². The van der Waals surface area contributed by atoms with E-state index in [1.54, 1.807) is 30.6 Å². The maximum atomic E-state index is 13.1. The van der Waals surface area contributed by atoms with Gasteiger partial charge >= 0.3 is 0 Å². The highest BCUT2D eigenvalue weighted by Crippen LogP contribution is 2.38. The van der Waals surface area contributed by atoms with Crippen LogP contribution in [0.2, 0.25) is 0 Å². The summed E-state index contributed by atoms with van der Waals surface area (Å²) in [5.74, 6) is 0.0415. The van der Waals surface area contributed by atoms with Gasteiger partial charge in [-0.25, -0.2) is 0 Å². The summed E-state index contributed by atoms with van der Waals surface area (Å²) in [6, 6.07) is 10.8. The molecule has 1 aliphatic rings. The minimum Gasteiger partial charge on any atom is -0.496 e. The van der Waals surface area contributed by atoms with Crippen molar-refractivity contribution in [1.82, 2.24) is 10.3 Å². The summed E-state index contributed by atoms with van der Waals surface area (Å²) in [5, 5.41) is 6.54. The van der Waals surface area contributed by atoms with E-state index in [1.807, 2.05) is 18.2 Å². The smallest absolute Gasteiger partial charge is 0.260 e. The normalized spacial score (nSPS) is 12.7. The summed E-state index contributed by atoms with van der Waals surface area (Å²) in [4.78, 5) is 31.3. The first kappa shape index (κ1) is 20.1. The lowest BCUT2D eigenvalue weighted by atomic mass is 9.95. The molecule has 7 heteroatoms. The van der Waals surface area contributed by atoms with Gasteiger partial charge < -0.3 is 15.4 Å². The number of para-hydroxylation sites is 1. The van der Waals surface area contributed by atoms with E-state index in [2.05, 4.69) is 15.6 Å². The fraction of sp³-hybridized carbons (Fsp3) is 0.261. The zero-order valence-electron chi connectivity index (χ0n) is 16.7. The van der Waals surface area contributed by atoms with Gasteiger partial charge in [-0.15, -0.1) is 11.3 Å². The van der Waals surface area contributed by atoms with Crippen LogP contribution in [0.15, 0.2) is 48.8 Å². The van der Waals surface area contributed by atoms with Crippen LogP contribution in [0, 0.1) is 0 Å². The number of benzene rings is 1. The summed E-state index contributed by atoms with van der Waals surface area (Å²) in [7, 11) is 1.53. The van der Waals surface area contributed by atoms with Gasteiger partial charge in [0, 0.05) is 23.8 Å². The number of thiophene rings is 1. The van der Waals surface area contributed by atoms with Gasteiger partial charge in [0.15, 0.2) is 0 Å². The molecule has 2 aromatic heterocycles. The Balaban J connectivity index is 1.60. The zero-order valence-corrected chi connectivity index (χ0v) is 17.6. The van der Waals surface area contributed by atoms with Gasteiger partial charge in [-0.05, 0) is 55.0 Å². The van der Waals surface area contributed by atoms with Gasteiger partial charge in [-0.3, -0.25) is 14.6 Å². The average molecular weight is 422 g/mol. The van der Waals surface area contributed by atoms with Crippen molar-refractivity contribution < 1.29 is 14.3 Å². The van der Waals surface area contributed by atoms with E-state index >= 15 is 0 Å². The first-order valence-corrected chi connectivity index (χ1v) is 10.7. The number of nitrogens with one attached hydrogen (secondary N) is 2. The van der Waals surface area contributed by atoms with Gasteiger partial charge in [0.1, 0.15) is 10.8 Å². The Bertz CT molecular complexity index is 1060. The Kier molecular flexibility index (Phi) is 6.09. The number of methoxy groups -OCH3 is 1. The quantitative estimate of drug-likeness (QED) is 0.625. The summed E-state index contributed by atoms with van der Waals surface area (Å²) < 4.78 is 5.31. The number of fused-ring (bicyclic) bond motifs is 1. The maximum absolute atomic E-state index is 13.1. The molecule has 2 N–H and O–H groups in total. The highest BCUT2D eigenvalue weighted by atomic mass is 32.1. The molecule has 0 fully saturated rings. The van der Waals surface area contributed by atoms with Crippen molar-refractivity contribution in [2.45, 2.75) is 32.2 Å². The van der Waals surface area contributed by atoms with Gasteiger partial charge in [-0.2, -0.15) is 0 Å². The van der Waals surface area contributed by atoms with E-state index in [1.165, 1.54) is 23.3 Å². The number of carbonyl (C=O) groups is 2. The van der Waals surface area contributed by atoms with Gasteiger partial charge in [0.25, 0.3) is 11.8 Å². The van der Waals surface area contributed by atoms with Crippen LogP contribution < -0.4 is 15.4 Å². The SMILES string of the molecule is COc1ccccc1C(=O)Nc1sc2c(c1C(=O)NCc1cccnc1)CCCC2. The third-order valence-corrected chi connectivity index (χ3v) is 6.36. The van der Waals surface area contributed by atoms with Crippen molar-refractivity contribution >= 4 is 28.2 Å². The van der Waals surface area contributed by atoms with Crippen molar-refractivity contribution in [2.24, 2.45) is 0 Å². The molecule has 0 aliphatic heterocycles. The molecule has 154 valence electrons. The Morgan fingerprint density at radius 3 is 2.73 bits per heavy atom. The summed E-state index contributed by atoms with van der Waals surface area (Å²) in [5.41, 5.74) is 3.01. The summed E-state index contributed by atoms with van der Waals surface area (Å²) in [6.45, 7) is 0.386. The van der Waals surface area contributed by atoms with E-state index in [0.29, 0.717) is 28.4 Å². The predicted molar refractivity (Wildman–Crippen MR) is 117 cm³/mol. The second-order valence-corrected chi connectivity index (χ2v) is 8.22. The van der Waals surface area contributed by atoms with Crippen molar-refractivity contribution in [3.63, 3.8) is 0 Å². The third kappa shape index (κ3) is 4.21. The van der Waals surface area contributed by atoms with Gasteiger partial charge in [-0.1, -0.05) is 18.2 Å². The lowest BCUT2D eigenvalue weighted by Crippen LogP contribution is -2.25. The van der Waals surface area contributed by atoms with E-state index < -0.39 is 0 Å². The fourth-order valence-corrected chi connectivity index (χ4v) is 4.95. The molecule has 2 amide bonds. The minimum absolute atomic E-state index is 0.173. The van der Waals surface area contributed by atoms with Crippen LogP contribution in [0.4, 0.5) is 5.00 Å². The number of pyridine rings is 1. The molecule has 1 aliphatic carbocycles. The molecule has 30 heavy (non-hydrogen) atoms. The van der Waals surface area contributed by atoms with Crippen LogP contribution in [0.5, 0.6) is 5.75 Å². The maximum Gasteiger partial charge on any atom is 0.260 e. The second kappa shape index (κ2) is 9.09. The van der Waals surface area contributed by atoms with E-state index in [4.69, 9.17) is 4.74 Å². The lowest BCUT2D eigenvalue weighted by Gasteiger charge is -2.13. The average Bonchev–Trinajstić information content (AvgIpc) is 3.16. The monoisotopic (exact) mass is 421 g/mol. The predicted octanol–water partition coefficient (Wildman–Crippen LogP) is 4.21. The van der Waals surface area contributed by atoms with Crippen LogP contribution in [0.3, 0.4) is 0 Å². The van der Waals surface area contributed by atoms with Gasteiger partial charge in [0.2, 0.25) is 0 Å². The third-order valence-electron chi connectivity index (χ3n) is 5.15. The van der Waals surface area contributed by atoms with Crippen molar-refractivity contribution in [2.75, 3.05) is 12.4 Å². The molecule has 1 aromatic carbocycles. The number of carbonyl (C=O) groups excluding carboxylic acids is 2. The molecule has 6 nitrogen and oxygen atoms in total. The Labute approximate surface area is 179 Å². The number of amides is 2. The number of hydrogen-bond acceptors (Lipinski definition) is 5. The lowest BCUT2D eigenvalue weighted by molar-refractivity contribution is 0.0951. The summed E-state index contributed by atoms with van der Waals surface area (Å²) in [6.07, 6.45) is 7.37. The van der Waals surface area contributed by atoms with E-state index in [-0.39, 0.29) is 11.8 Å². The number of rotatable bonds is 6. The molecule has 2 heterocycles. The van der Waals surface area contributed by atoms with Crippen LogP contribution in [0.25, 0.3) is 0 Å². The van der Waals surface area contributed by atoms with E-state index in [9.17, 15) is 9.59 Å². The first-order chi connectivity index (χ1) is 14.7. The van der Waals surface area contributed by atoms with Crippen LogP contribution in [-0.2, 0) is 19.4 Å². The Morgan fingerprint density at radius 1 is 1.10 bits per heavy atom. The molecule has 3 aromatic rings. The van der Waals surface area contributed by atoms with E-state index in [0.717, 1.165) is 36.8 Å². The van der Waals surface area contributed by atoms with Crippen LogP contribution in [0.1, 0.15) is 49.6 Å². The van der Waals surface area contributed by atoms with Crippen LogP contribution in [-0.4, -0.2) is 23.9 Å². The number of anilines is 1. The largest absolute Gasteiger partial charge is 0.496 e. The Morgan fingerprint density at radius 2 is 1.93 bits per heavy atom. The standard InChI is InChI=1S/C23H23N3O3S/c1-29-18-10-4-2-8-16(18)21(27)26-23-20(17-9-3-5-11-19(17)30-23)22(28)25-14-15-7-6-12-24-13-15/h2,4,6-8,10,12-13H,3,5,9,11,14H2,1H3,(H,25,28)(H,26,27). The molecular formula is C23H23N3O3S. The van der Waals surface area contributed by atoms with Crippen LogP contribution >= 0.6 is 11.3 Å². The highest BCUT2D eigenvalue weighted by Gasteiger charge is 2.27. The minimum atomic E-state index is -0.285. The zero-order chi connectivity index (χ0) is 20.9. The molecule has 0 radical (unpaired) electrons. The Hall–Kier alpha value is -3.19. The molecular weight excluding hydrogens is 398 g/mol. The number of ether oxygens (including phenoxy) is 1. The molecule has 0 saturated heterocycles. The summed E-state index contributed by atoms with van der Waals surface area (Å²) >= 11 is 1.50. The number of aryl methyl sites for hydroxylation is 1. The highest BCUT2D eigenvalue weighted by molar-refractivity contribution is 7.17. The van der Waals surface area contributed by atoms with Crippen molar-refractivity contribution in [3.8, 4) is 5.75 Å². The molecule has 0 spiro atoms. The molecule has 0 unspecified atom stereocenters. The molecule has 0 atom stereocenters. The fourth-order valence-electron chi connectivity index (χ4n) is 3.67. The molecule has 0 saturated carbocycles. The molecule has 4 rings (SSSR count). The van der Waals surface area contributed by atoms with Crippen molar-refractivity contribution in [3.05, 3.63) is 75.9 Å². The second-order valence-electron chi connectivity index (χ2n) is 7.11. The first-order valence-electron chi connectivity index (χ1n) is 9.93. The number of aromatic nitrogens is 1. The number of hydrogen-bond donors (Lipinski definition) is 2.